The normalized spacial score (nSPS) is 30.9. The van der Waals surface area contributed by atoms with Gasteiger partial charge in [0.2, 0.25) is 5.91 Å². The Balaban J connectivity index is 1.36. The summed E-state index contributed by atoms with van der Waals surface area (Å²) in [4.78, 5) is 22.4. The van der Waals surface area contributed by atoms with Crippen LogP contribution in [0.3, 0.4) is 0 Å². The Morgan fingerprint density at radius 3 is 2.78 bits per heavy atom. The quantitative estimate of drug-likeness (QED) is 0.834. The van der Waals surface area contributed by atoms with Gasteiger partial charge in [0.25, 0.3) is 0 Å². The monoisotopic (exact) mass is 363 g/mol. The van der Waals surface area contributed by atoms with Crippen molar-refractivity contribution in [2.75, 3.05) is 13.1 Å². The minimum absolute atomic E-state index is 0.405. The van der Waals surface area contributed by atoms with Crippen LogP contribution in [0.5, 0.6) is 0 Å². The van der Waals surface area contributed by atoms with E-state index in [9.17, 15) is 4.79 Å². The number of likely N-dealkylation sites (tertiary alicyclic amines) is 1. The van der Waals surface area contributed by atoms with Crippen LogP contribution in [0, 0.1) is 17.8 Å². The van der Waals surface area contributed by atoms with Gasteiger partial charge in [-0.1, -0.05) is 38.1 Å². The van der Waals surface area contributed by atoms with Crippen molar-refractivity contribution in [2.45, 2.75) is 51.7 Å². The van der Waals surface area contributed by atoms with E-state index in [1.54, 1.807) is 0 Å². The largest absolute Gasteiger partial charge is 0.336 e. The highest BCUT2D eigenvalue weighted by Gasteiger charge is 2.52. The molecule has 4 heteroatoms. The number of fused-ring (bicyclic) bond motifs is 1. The van der Waals surface area contributed by atoms with Crippen LogP contribution in [0.15, 0.2) is 36.4 Å². The number of rotatable bonds is 3. The number of pyridine rings is 1. The zero-order valence-corrected chi connectivity index (χ0v) is 16.3. The number of carbonyl (C=O) groups excluding carboxylic acids is 1. The Morgan fingerprint density at radius 2 is 1.93 bits per heavy atom. The summed E-state index contributed by atoms with van der Waals surface area (Å²) < 4.78 is 0. The van der Waals surface area contributed by atoms with Gasteiger partial charge in [0.1, 0.15) is 0 Å². The van der Waals surface area contributed by atoms with Gasteiger partial charge in [-0.15, -0.1) is 0 Å². The summed E-state index contributed by atoms with van der Waals surface area (Å²) in [5.41, 5.74) is 2.24. The molecular formula is C23H29N3O. The van der Waals surface area contributed by atoms with Crippen molar-refractivity contribution in [2.24, 2.45) is 17.8 Å². The molecular weight excluding hydrogens is 334 g/mol. The lowest BCUT2D eigenvalue weighted by molar-refractivity contribution is -0.142. The number of hydrogen-bond acceptors (Lipinski definition) is 3. The number of aromatic nitrogens is 1. The van der Waals surface area contributed by atoms with E-state index in [4.69, 9.17) is 4.98 Å². The summed E-state index contributed by atoms with van der Waals surface area (Å²) >= 11 is 0. The molecule has 0 N–H and O–H groups in total. The molecule has 27 heavy (non-hydrogen) atoms. The highest BCUT2D eigenvalue weighted by Crippen LogP contribution is 2.45. The number of carbonyl (C=O) groups is 1. The van der Waals surface area contributed by atoms with Crippen molar-refractivity contribution in [3.8, 4) is 0 Å². The number of amides is 1. The van der Waals surface area contributed by atoms with Crippen LogP contribution in [0.2, 0.25) is 0 Å². The van der Waals surface area contributed by atoms with Crippen LogP contribution in [0.1, 0.15) is 38.8 Å². The number of piperidine rings is 2. The minimum Gasteiger partial charge on any atom is -0.336 e. The van der Waals surface area contributed by atoms with Gasteiger partial charge < -0.3 is 4.90 Å². The molecule has 4 atom stereocenters. The second-order valence-corrected chi connectivity index (χ2v) is 9.09. The molecule has 3 aliphatic heterocycles. The fourth-order valence-corrected chi connectivity index (χ4v) is 5.85. The molecule has 0 spiro atoms. The van der Waals surface area contributed by atoms with Gasteiger partial charge in [-0.05, 0) is 42.7 Å². The first-order chi connectivity index (χ1) is 13.1. The minimum atomic E-state index is 0.405. The highest BCUT2D eigenvalue weighted by atomic mass is 16.2. The van der Waals surface area contributed by atoms with Gasteiger partial charge in [0.15, 0.2) is 0 Å². The molecule has 2 aromatic rings. The Labute approximate surface area is 161 Å². The van der Waals surface area contributed by atoms with Gasteiger partial charge >= 0.3 is 0 Å². The Morgan fingerprint density at radius 1 is 1.11 bits per heavy atom. The third kappa shape index (κ3) is 2.94. The van der Waals surface area contributed by atoms with Crippen molar-refractivity contribution in [3.63, 3.8) is 0 Å². The SMILES string of the molecule is CC(C)[C@H]1CC2CN(Cc3ccc4ccccc4n3)C[C@H]3CCC(=O)N1C23. The molecule has 0 saturated carbocycles. The summed E-state index contributed by atoms with van der Waals surface area (Å²) in [7, 11) is 0. The molecule has 2 unspecified atom stereocenters. The first kappa shape index (κ1) is 17.2. The van der Waals surface area contributed by atoms with Gasteiger partial charge in [-0.25, -0.2) is 0 Å². The maximum atomic E-state index is 12.6. The number of nitrogens with zero attached hydrogens (tertiary/aromatic N) is 3. The molecule has 1 aromatic heterocycles. The average Bonchev–Trinajstić information content (AvgIpc) is 3.06. The molecule has 4 nitrogen and oxygen atoms in total. The standard InChI is InChI=1S/C23H29N3O/c1-15(2)21-11-18-13-25(12-17-8-10-22(27)26(21)23(17)18)14-19-9-7-16-5-3-4-6-20(16)24-19/h3-7,9,15,17-18,21,23H,8,10-14H2,1-2H3/t17-,18?,21-,23?/m1/s1. The summed E-state index contributed by atoms with van der Waals surface area (Å²) in [6.07, 6.45) is 2.97. The molecule has 4 heterocycles. The van der Waals surface area contributed by atoms with E-state index >= 15 is 0 Å². The van der Waals surface area contributed by atoms with E-state index in [1.165, 1.54) is 11.8 Å². The highest BCUT2D eigenvalue weighted by molar-refractivity contribution is 5.79. The zero-order chi connectivity index (χ0) is 18.5. The fourth-order valence-electron chi connectivity index (χ4n) is 5.85. The van der Waals surface area contributed by atoms with Crippen LogP contribution in [0.4, 0.5) is 0 Å². The first-order valence-electron chi connectivity index (χ1n) is 10.5. The summed E-state index contributed by atoms with van der Waals surface area (Å²) in [5, 5.41) is 1.21. The predicted octanol–water partition coefficient (Wildman–Crippen LogP) is 3.70. The smallest absolute Gasteiger partial charge is 0.223 e. The third-order valence-electron chi connectivity index (χ3n) is 7.00. The van der Waals surface area contributed by atoms with E-state index in [2.05, 4.69) is 60.0 Å². The first-order valence-corrected chi connectivity index (χ1v) is 10.5. The number of para-hydroxylation sites is 1. The molecule has 1 amide bonds. The maximum Gasteiger partial charge on any atom is 0.223 e. The van der Waals surface area contributed by atoms with Crippen LogP contribution < -0.4 is 0 Å². The number of hydrogen-bond donors (Lipinski definition) is 0. The molecule has 0 aliphatic carbocycles. The van der Waals surface area contributed by atoms with Crippen LogP contribution >= 0.6 is 0 Å². The van der Waals surface area contributed by atoms with E-state index in [-0.39, 0.29) is 0 Å². The van der Waals surface area contributed by atoms with Crippen LogP contribution in [0.25, 0.3) is 10.9 Å². The second kappa shape index (κ2) is 6.59. The molecule has 0 radical (unpaired) electrons. The third-order valence-corrected chi connectivity index (χ3v) is 7.00. The lowest BCUT2D eigenvalue weighted by Crippen LogP contribution is -2.57. The van der Waals surface area contributed by atoms with Gasteiger partial charge in [-0.3, -0.25) is 14.7 Å². The molecule has 5 rings (SSSR count). The molecule has 3 saturated heterocycles. The second-order valence-electron chi connectivity index (χ2n) is 9.09. The fraction of sp³-hybridized carbons (Fsp3) is 0.565. The topological polar surface area (TPSA) is 36.4 Å². The van der Waals surface area contributed by atoms with Crippen molar-refractivity contribution >= 4 is 16.8 Å². The molecule has 1 aromatic carbocycles. The Bertz CT molecular complexity index is 864. The van der Waals surface area contributed by atoms with Crippen molar-refractivity contribution < 1.29 is 4.79 Å². The van der Waals surface area contributed by atoms with Crippen LogP contribution in [-0.2, 0) is 11.3 Å². The van der Waals surface area contributed by atoms with Crippen molar-refractivity contribution in [1.29, 1.82) is 0 Å². The molecule has 0 bridgehead atoms. The van der Waals surface area contributed by atoms with E-state index in [1.807, 2.05) is 0 Å². The van der Waals surface area contributed by atoms with Crippen molar-refractivity contribution in [3.05, 3.63) is 42.1 Å². The molecule has 3 aliphatic rings. The lowest BCUT2D eigenvalue weighted by Gasteiger charge is -2.47. The summed E-state index contributed by atoms with van der Waals surface area (Å²) in [6.45, 7) is 7.67. The average molecular weight is 364 g/mol. The lowest BCUT2D eigenvalue weighted by atomic mass is 9.79. The van der Waals surface area contributed by atoms with Gasteiger partial charge in [-0.2, -0.15) is 0 Å². The van der Waals surface area contributed by atoms with Gasteiger partial charge in [0.05, 0.1) is 11.2 Å². The van der Waals surface area contributed by atoms with Crippen LogP contribution in [-0.4, -0.2) is 45.9 Å². The summed E-state index contributed by atoms with van der Waals surface area (Å²) in [5.74, 6) is 2.21. The zero-order valence-electron chi connectivity index (χ0n) is 16.3. The Kier molecular flexibility index (Phi) is 4.19. The van der Waals surface area contributed by atoms with E-state index in [0.717, 1.165) is 43.7 Å². The van der Waals surface area contributed by atoms with Crippen molar-refractivity contribution in [1.82, 2.24) is 14.8 Å². The predicted molar refractivity (Wildman–Crippen MR) is 107 cm³/mol. The molecule has 142 valence electrons. The number of benzene rings is 1. The maximum absolute atomic E-state index is 12.6. The summed E-state index contributed by atoms with van der Waals surface area (Å²) in [6, 6.07) is 13.6. The molecule has 3 fully saturated rings. The van der Waals surface area contributed by atoms with E-state index in [0.29, 0.717) is 35.7 Å². The Hall–Kier alpha value is -1.94. The van der Waals surface area contributed by atoms with Gasteiger partial charge in [0, 0.05) is 43.5 Å². The van der Waals surface area contributed by atoms with E-state index < -0.39 is 0 Å².